The minimum absolute atomic E-state index is 0.151. The van der Waals surface area contributed by atoms with E-state index in [2.05, 4.69) is 20.5 Å². The van der Waals surface area contributed by atoms with Crippen LogP contribution in [-0.4, -0.2) is 64.2 Å². The van der Waals surface area contributed by atoms with Crippen LogP contribution in [0.4, 0.5) is 10.5 Å². The van der Waals surface area contributed by atoms with Gasteiger partial charge in [-0.2, -0.15) is 10.2 Å². The normalized spacial score (nSPS) is 14.2. The van der Waals surface area contributed by atoms with Gasteiger partial charge in [-0.15, -0.1) is 0 Å². The summed E-state index contributed by atoms with van der Waals surface area (Å²) in [7, 11) is 0. The molecule has 0 unspecified atom stereocenters. The van der Waals surface area contributed by atoms with Crippen molar-refractivity contribution in [3.63, 3.8) is 0 Å². The SMILES string of the molecule is CC(=O)Nc1cc(-n2cccn2)cc(-n2cnc3cc(-c4cnn(C5CCN(C(=O)O)CC5)c4)ccc32)c1. The standard InChI is InChI=1S/C27H26N8O3/c1-18(36)31-21-12-23(14-24(13-21)34-8-2-7-29-34)33-17-28-25-11-19(3-4-26(25)33)20-15-30-35(16-20)22-5-9-32(10-6-22)27(37)38/h2-4,7-8,11-17,22H,5-6,9-10H2,1H3,(H,31,36)(H,37,38). The topological polar surface area (TPSA) is 123 Å². The number of nitrogens with one attached hydrogen (secondary N) is 1. The van der Waals surface area contributed by atoms with Crippen molar-refractivity contribution in [1.82, 2.24) is 34.0 Å². The number of hydrogen-bond acceptors (Lipinski definition) is 5. The highest BCUT2D eigenvalue weighted by Gasteiger charge is 2.24. The van der Waals surface area contributed by atoms with Crippen molar-refractivity contribution in [3.05, 3.63) is 73.6 Å². The zero-order valence-corrected chi connectivity index (χ0v) is 20.7. The van der Waals surface area contributed by atoms with Crippen LogP contribution in [0.2, 0.25) is 0 Å². The van der Waals surface area contributed by atoms with Gasteiger partial charge >= 0.3 is 6.09 Å². The molecule has 0 atom stereocenters. The van der Waals surface area contributed by atoms with E-state index in [1.807, 2.05) is 70.3 Å². The van der Waals surface area contributed by atoms with Gasteiger partial charge in [0.2, 0.25) is 5.91 Å². The largest absolute Gasteiger partial charge is 0.465 e. The molecule has 2 amide bonds. The summed E-state index contributed by atoms with van der Waals surface area (Å²) >= 11 is 0. The van der Waals surface area contributed by atoms with Crippen LogP contribution in [0, 0.1) is 0 Å². The Morgan fingerprint density at radius 1 is 1.03 bits per heavy atom. The number of carbonyl (C=O) groups excluding carboxylic acids is 1. The zero-order chi connectivity index (χ0) is 26.2. The first-order valence-electron chi connectivity index (χ1n) is 12.4. The molecule has 4 heterocycles. The van der Waals surface area contributed by atoms with Crippen molar-refractivity contribution in [2.45, 2.75) is 25.8 Å². The molecule has 192 valence electrons. The van der Waals surface area contributed by atoms with Crippen molar-refractivity contribution >= 4 is 28.7 Å². The molecule has 0 bridgehead atoms. The van der Waals surface area contributed by atoms with Crippen LogP contribution >= 0.6 is 0 Å². The quantitative estimate of drug-likeness (QED) is 0.362. The minimum Gasteiger partial charge on any atom is -0.465 e. The molecule has 0 spiro atoms. The Bertz CT molecular complexity index is 1630. The number of amides is 2. The van der Waals surface area contributed by atoms with E-state index in [4.69, 9.17) is 0 Å². The Hall–Kier alpha value is -4.93. The third-order valence-corrected chi connectivity index (χ3v) is 6.86. The molecule has 6 rings (SSSR count). The van der Waals surface area contributed by atoms with Crippen molar-refractivity contribution in [2.75, 3.05) is 18.4 Å². The second kappa shape index (κ2) is 9.51. The second-order valence-corrected chi connectivity index (χ2v) is 9.40. The molecule has 2 N–H and O–H groups in total. The number of rotatable bonds is 5. The predicted molar refractivity (Wildman–Crippen MR) is 142 cm³/mol. The molecule has 38 heavy (non-hydrogen) atoms. The van der Waals surface area contributed by atoms with E-state index in [0.717, 1.165) is 46.4 Å². The summed E-state index contributed by atoms with van der Waals surface area (Å²) in [5, 5.41) is 21.0. The number of carbonyl (C=O) groups is 2. The number of fused-ring (bicyclic) bond motifs is 1. The first-order chi connectivity index (χ1) is 18.4. The third-order valence-electron chi connectivity index (χ3n) is 6.86. The lowest BCUT2D eigenvalue weighted by Crippen LogP contribution is -2.38. The molecule has 3 aromatic heterocycles. The maximum Gasteiger partial charge on any atom is 0.407 e. The summed E-state index contributed by atoms with van der Waals surface area (Å²) in [4.78, 5) is 29.0. The molecule has 1 aliphatic heterocycles. The Balaban J connectivity index is 1.29. The summed E-state index contributed by atoms with van der Waals surface area (Å²) < 4.78 is 5.67. The number of imidazole rings is 1. The van der Waals surface area contributed by atoms with E-state index >= 15 is 0 Å². The highest BCUT2D eigenvalue weighted by molar-refractivity contribution is 5.90. The fraction of sp³-hybridized carbons (Fsp3) is 0.222. The maximum absolute atomic E-state index is 11.8. The van der Waals surface area contributed by atoms with Crippen LogP contribution in [0.5, 0.6) is 0 Å². The number of anilines is 1. The molecule has 1 aliphatic rings. The molecular weight excluding hydrogens is 484 g/mol. The van der Waals surface area contributed by atoms with Crippen molar-refractivity contribution in [3.8, 4) is 22.5 Å². The second-order valence-electron chi connectivity index (χ2n) is 9.40. The van der Waals surface area contributed by atoms with Crippen LogP contribution in [-0.2, 0) is 4.79 Å². The molecular formula is C27H26N8O3. The van der Waals surface area contributed by atoms with E-state index in [1.165, 1.54) is 11.8 Å². The first-order valence-corrected chi connectivity index (χ1v) is 12.4. The fourth-order valence-electron chi connectivity index (χ4n) is 4.97. The number of nitrogens with zero attached hydrogens (tertiary/aromatic N) is 7. The number of piperidine rings is 1. The van der Waals surface area contributed by atoms with Gasteiger partial charge < -0.3 is 15.3 Å². The number of likely N-dealkylation sites (tertiary alicyclic amines) is 1. The molecule has 11 nitrogen and oxygen atoms in total. The minimum atomic E-state index is -0.864. The number of carboxylic acid groups (broad SMARTS) is 1. The van der Waals surface area contributed by atoms with Gasteiger partial charge in [0.05, 0.1) is 34.6 Å². The van der Waals surface area contributed by atoms with Gasteiger partial charge in [0, 0.05) is 49.9 Å². The summed E-state index contributed by atoms with van der Waals surface area (Å²) in [6.45, 7) is 2.52. The molecule has 1 fully saturated rings. The Kier molecular flexibility index (Phi) is 5.87. The maximum atomic E-state index is 11.8. The average molecular weight is 511 g/mol. The lowest BCUT2D eigenvalue weighted by Gasteiger charge is -2.30. The van der Waals surface area contributed by atoms with Gasteiger partial charge in [-0.1, -0.05) is 6.07 Å². The van der Waals surface area contributed by atoms with Gasteiger partial charge in [-0.05, 0) is 54.8 Å². The van der Waals surface area contributed by atoms with E-state index in [0.29, 0.717) is 18.8 Å². The predicted octanol–water partition coefficient (Wildman–Crippen LogP) is 4.35. The summed E-state index contributed by atoms with van der Waals surface area (Å²) in [6.07, 6.45) is 9.82. The van der Waals surface area contributed by atoms with Gasteiger partial charge in [0.25, 0.3) is 0 Å². The average Bonchev–Trinajstić information content (AvgIpc) is 3.69. The monoisotopic (exact) mass is 510 g/mol. The van der Waals surface area contributed by atoms with Crippen molar-refractivity contribution in [1.29, 1.82) is 0 Å². The number of hydrogen-bond donors (Lipinski definition) is 2. The fourth-order valence-corrected chi connectivity index (χ4v) is 4.97. The van der Waals surface area contributed by atoms with E-state index in [1.54, 1.807) is 17.2 Å². The van der Waals surface area contributed by atoms with Crippen LogP contribution in [0.1, 0.15) is 25.8 Å². The molecule has 0 radical (unpaired) electrons. The molecule has 1 saturated heterocycles. The Labute approximate surface area is 217 Å². The number of benzene rings is 2. The summed E-state index contributed by atoms with van der Waals surface area (Å²) in [6, 6.07) is 13.9. The third kappa shape index (κ3) is 4.49. The van der Waals surface area contributed by atoms with Crippen molar-refractivity contribution in [2.24, 2.45) is 0 Å². The lowest BCUT2D eigenvalue weighted by molar-refractivity contribution is -0.114. The highest BCUT2D eigenvalue weighted by atomic mass is 16.4. The van der Waals surface area contributed by atoms with Gasteiger partial charge in [0.15, 0.2) is 0 Å². The van der Waals surface area contributed by atoms with Gasteiger partial charge in [-0.3, -0.25) is 14.0 Å². The Morgan fingerprint density at radius 3 is 2.58 bits per heavy atom. The summed E-state index contributed by atoms with van der Waals surface area (Å²) in [5.41, 5.74) is 6.07. The molecule has 11 heteroatoms. The molecule has 0 saturated carbocycles. The number of aromatic nitrogens is 6. The first kappa shape index (κ1) is 23.5. The van der Waals surface area contributed by atoms with Crippen LogP contribution in [0.15, 0.2) is 73.6 Å². The van der Waals surface area contributed by atoms with Crippen molar-refractivity contribution < 1.29 is 14.7 Å². The molecule has 5 aromatic rings. The van der Waals surface area contributed by atoms with E-state index in [9.17, 15) is 14.7 Å². The van der Waals surface area contributed by atoms with Gasteiger partial charge in [0.1, 0.15) is 6.33 Å². The molecule has 0 aliphatic carbocycles. The van der Waals surface area contributed by atoms with Crippen LogP contribution in [0.25, 0.3) is 33.5 Å². The highest BCUT2D eigenvalue weighted by Crippen LogP contribution is 2.29. The summed E-state index contributed by atoms with van der Waals surface area (Å²) in [5.74, 6) is -0.151. The lowest BCUT2D eigenvalue weighted by atomic mass is 10.1. The van der Waals surface area contributed by atoms with E-state index < -0.39 is 6.09 Å². The molecule has 2 aromatic carbocycles. The smallest absolute Gasteiger partial charge is 0.407 e. The zero-order valence-electron chi connectivity index (χ0n) is 20.7. The van der Waals surface area contributed by atoms with E-state index in [-0.39, 0.29) is 11.9 Å². The Morgan fingerprint density at radius 2 is 1.84 bits per heavy atom. The van der Waals surface area contributed by atoms with Crippen LogP contribution < -0.4 is 5.32 Å². The van der Waals surface area contributed by atoms with Crippen LogP contribution in [0.3, 0.4) is 0 Å². The van der Waals surface area contributed by atoms with Gasteiger partial charge in [-0.25, -0.2) is 14.5 Å².